The predicted molar refractivity (Wildman–Crippen MR) is 65.8 cm³/mol. The number of hydrogen-bond acceptors (Lipinski definition) is 4. The minimum Gasteiger partial charge on any atom is -0.394 e. The lowest BCUT2D eigenvalue weighted by atomic mass is 9.94. The Hall–Kier alpha value is -0.870. The lowest BCUT2D eigenvalue weighted by molar-refractivity contribution is 0.202. The summed E-state index contributed by atoms with van der Waals surface area (Å²) in [7, 11) is 0. The number of aromatic nitrogens is 2. The molecule has 4 nitrogen and oxygen atoms in total. The van der Waals surface area contributed by atoms with E-state index in [9.17, 15) is 5.11 Å². The van der Waals surface area contributed by atoms with Crippen LogP contribution in [0.3, 0.4) is 0 Å². The highest BCUT2D eigenvalue weighted by Crippen LogP contribution is 2.25. The Kier molecular flexibility index (Phi) is 4.50. The fraction of sp³-hybridized carbons (Fsp3) is 0.636. The molecule has 0 spiro atoms. The van der Waals surface area contributed by atoms with Gasteiger partial charge in [0.2, 0.25) is 0 Å². The molecule has 0 radical (unpaired) electrons. The number of hydrogen-bond donors (Lipinski definition) is 2. The first-order valence-corrected chi connectivity index (χ1v) is 5.82. The SMILES string of the molecule is CCC(CC)(CO)Nc1ncnc(Cl)c1C. The van der Waals surface area contributed by atoms with Gasteiger partial charge in [-0.25, -0.2) is 9.97 Å². The summed E-state index contributed by atoms with van der Waals surface area (Å²) >= 11 is 5.92. The van der Waals surface area contributed by atoms with Gasteiger partial charge in [0.1, 0.15) is 17.3 Å². The second kappa shape index (κ2) is 5.46. The van der Waals surface area contributed by atoms with Gasteiger partial charge in [0.25, 0.3) is 0 Å². The molecule has 0 saturated carbocycles. The zero-order valence-corrected chi connectivity index (χ0v) is 10.7. The maximum absolute atomic E-state index is 9.46. The van der Waals surface area contributed by atoms with Gasteiger partial charge in [0, 0.05) is 5.56 Å². The van der Waals surface area contributed by atoms with E-state index < -0.39 is 0 Å². The van der Waals surface area contributed by atoms with E-state index in [4.69, 9.17) is 11.6 Å². The van der Waals surface area contributed by atoms with E-state index in [1.165, 1.54) is 6.33 Å². The molecule has 0 saturated heterocycles. The van der Waals surface area contributed by atoms with Crippen molar-refractivity contribution in [2.45, 2.75) is 39.2 Å². The summed E-state index contributed by atoms with van der Waals surface area (Å²) in [4.78, 5) is 8.05. The molecule has 5 heteroatoms. The fourth-order valence-corrected chi connectivity index (χ4v) is 1.63. The van der Waals surface area contributed by atoms with Gasteiger partial charge in [-0.1, -0.05) is 25.4 Å². The Morgan fingerprint density at radius 3 is 2.50 bits per heavy atom. The average Bonchev–Trinajstić information content (AvgIpc) is 2.32. The summed E-state index contributed by atoms with van der Waals surface area (Å²) in [5.41, 5.74) is 0.478. The number of aliphatic hydroxyl groups is 1. The van der Waals surface area contributed by atoms with Crippen LogP contribution >= 0.6 is 11.6 Å². The monoisotopic (exact) mass is 243 g/mol. The standard InChI is InChI=1S/C11H18ClN3O/c1-4-11(5-2,6-16)15-10-8(3)9(12)13-7-14-10/h7,16H,4-6H2,1-3H3,(H,13,14,15). The Morgan fingerprint density at radius 2 is 2.00 bits per heavy atom. The van der Waals surface area contributed by atoms with Crippen LogP contribution in [0.2, 0.25) is 5.15 Å². The van der Waals surface area contributed by atoms with E-state index in [2.05, 4.69) is 15.3 Å². The van der Waals surface area contributed by atoms with Gasteiger partial charge in [-0.2, -0.15) is 0 Å². The van der Waals surface area contributed by atoms with Crippen molar-refractivity contribution in [1.82, 2.24) is 9.97 Å². The molecular weight excluding hydrogens is 226 g/mol. The van der Waals surface area contributed by atoms with Crippen LogP contribution in [0, 0.1) is 6.92 Å². The topological polar surface area (TPSA) is 58.0 Å². The Morgan fingerprint density at radius 1 is 1.38 bits per heavy atom. The summed E-state index contributed by atoms with van der Waals surface area (Å²) in [5, 5.41) is 13.2. The van der Waals surface area contributed by atoms with E-state index in [1.54, 1.807) is 0 Å². The molecule has 1 heterocycles. The molecular formula is C11H18ClN3O. The number of aliphatic hydroxyl groups excluding tert-OH is 1. The largest absolute Gasteiger partial charge is 0.394 e. The minimum absolute atomic E-state index is 0.0705. The first-order chi connectivity index (χ1) is 7.58. The van der Waals surface area contributed by atoms with Gasteiger partial charge in [0.05, 0.1) is 12.1 Å². The highest BCUT2D eigenvalue weighted by atomic mass is 35.5. The van der Waals surface area contributed by atoms with E-state index in [0.29, 0.717) is 11.0 Å². The molecule has 0 aliphatic heterocycles. The zero-order valence-electron chi connectivity index (χ0n) is 9.92. The van der Waals surface area contributed by atoms with Gasteiger partial charge in [0.15, 0.2) is 0 Å². The van der Waals surface area contributed by atoms with Crippen molar-refractivity contribution in [1.29, 1.82) is 0 Å². The second-order valence-electron chi connectivity index (χ2n) is 3.91. The molecule has 90 valence electrons. The number of rotatable bonds is 5. The normalized spacial score (nSPS) is 11.6. The summed E-state index contributed by atoms with van der Waals surface area (Å²) < 4.78 is 0. The molecule has 1 rings (SSSR count). The first-order valence-electron chi connectivity index (χ1n) is 5.44. The highest BCUT2D eigenvalue weighted by molar-refractivity contribution is 6.30. The van der Waals surface area contributed by atoms with E-state index in [1.807, 2.05) is 20.8 Å². The summed E-state index contributed by atoms with van der Waals surface area (Å²) in [6, 6.07) is 0. The predicted octanol–water partition coefficient (Wildman–Crippen LogP) is 2.40. The van der Waals surface area contributed by atoms with Gasteiger partial charge in [-0.05, 0) is 19.8 Å². The molecule has 0 unspecified atom stereocenters. The van der Waals surface area contributed by atoms with Crippen LogP contribution in [-0.4, -0.2) is 27.2 Å². The van der Waals surface area contributed by atoms with Crippen LogP contribution in [0.4, 0.5) is 5.82 Å². The number of nitrogens with zero attached hydrogens (tertiary/aromatic N) is 2. The Balaban J connectivity index is 2.98. The average molecular weight is 244 g/mol. The van der Waals surface area contributed by atoms with Crippen molar-refractivity contribution >= 4 is 17.4 Å². The fourth-order valence-electron chi connectivity index (χ4n) is 1.50. The van der Waals surface area contributed by atoms with Gasteiger partial charge in [-0.3, -0.25) is 0 Å². The Labute approximate surface area is 101 Å². The maximum Gasteiger partial charge on any atom is 0.137 e. The molecule has 2 N–H and O–H groups in total. The third-order valence-electron chi connectivity index (χ3n) is 3.06. The highest BCUT2D eigenvalue weighted by Gasteiger charge is 2.26. The van der Waals surface area contributed by atoms with E-state index >= 15 is 0 Å². The van der Waals surface area contributed by atoms with Gasteiger partial charge in [-0.15, -0.1) is 0 Å². The third-order valence-corrected chi connectivity index (χ3v) is 3.44. The van der Waals surface area contributed by atoms with Crippen molar-refractivity contribution in [3.05, 3.63) is 17.0 Å². The molecule has 1 aromatic heterocycles. The van der Waals surface area contributed by atoms with Crippen LogP contribution in [0.1, 0.15) is 32.3 Å². The van der Waals surface area contributed by atoms with Crippen molar-refractivity contribution in [3.63, 3.8) is 0 Å². The molecule has 0 atom stereocenters. The molecule has 16 heavy (non-hydrogen) atoms. The van der Waals surface area contributed by atoms with Crippen LogP contribution < -0.4 is 5.32 Å². The lowest BCUT2D eigenvalue weighted by Gasteiger charge is -2.31. The van der Waals surface area contributed by atoms with Crippen LogP contribution in [0.5, 0.6) is 0 Å². The van der Waals surface area contributed by atoms with Crippen molar-refractivity contribution < 1.29 is 5.11 Å². The lowest BCUT2D eigenvalue weighted by Crippen LogP contribution is -2.41. The number of halogens is 1. The van der Waals surface area contributed by atoms with Crippen molar-refractivity contribution in [2.24, 2.45) is 0 Å². The van der Waals surface area contributed by atoms with E-state index in [0.717, 1.165) is 18.4 Å². The summed E-state index contributed by atoms with van der Waals surface area (Å²) in [6.45, 7) is 5.99. The molecule has 0 aliphatic rings. The molecule has 1 aromatic rings. The second-order valence-corrected chi connectivity index (χ2v) is 4.27. The van der Waals surface area contributed by atoms with Crippen molar-refractivity contribution in [3.8, 4) is 0 Å². The minimum atomic E-state index is -0.331. The van der Waals surface area contributed by atoms with Gasteiger partial charge < -0.3 is 10.4 Å². The maximum atomic E-state index is 9.46. The molecule has 0 amide bonds. The van der Waals surface area contributed by atoms with E-state index in [-0.39, 0.29) is 12.1 Å². The molecule has 0 fully saturated rings. The van der Waals surface area contributed by atoms with Gasteiger partial charge >= 0.3 is 0 Å². The van der Waals surface area contributed by atoms with Crippen LogP contribution in [0.25, 0.3) is 0 Å². The molecule has 0 aromatic carbocycles. The van der Waals surface area contributed by atoms with Crippen LogP contribution in [0.15, 0.2) is 6.33 Å². The summed E-state index contributed by atoms with van der Waals surface area (Å²) in [6.07, 6.45) is 3.06. The molecule has 0 aliphatic carbocycles. The quantitative estimate of drug-likeness (QED) is 0.780. The van der Waals surface area contributed by atoms with Crippen LogP contribution in [-0.2, 0) is 0 Å². The smallest absolute Gasteiger partial charge is 0.137 e. The first kappa shape index (κ1) is 13.2. The summed E-state index contributed by atoms with van der Waals surface area (Å²) in [5.74, 6) is 0.692. The van der Waals surface area contributed by atoms with Crippen molar-refractivity contribution in [2.75, 3.05) is 11.9 Å². The number of anilines is 1. The zero-order chi connectivity index (χ0) is 12.2. The number of nitrogens with one attached hydrogen (secondary N) is 1. The third kappa shape index (κ3) is 2.62. The molecule has 0 bridgehead atoms. The Bertz CT molecular complexity index is 345.